The van der Waals surface area contributed by atoms with Gasteiger partial charge >= 0.3 is 0 Å². The van der Waals surface area contributed by atoms with Gasteiger partial charge in [-0.15, -0.1) is 0 Å². The summed E-state index contributed by atoms with van der Waals surface area (Å²) in [7, 11) is 3.56. The molecule has 2 heterocycles. The molecular formula is C45H58N4O8S2. The molecule has 59 heavy (non-hydrogen) atoms. The van der Waals surface area contributed by atoms with Crippen LogP contribution in [0.3, 0.4) is 0 Å². The first kappa shape index (κ1) is 44.5. The van der Waals surface area contributed by atoms with Crippen molar-refractivity contribution in [2.75, 3.05) is 38.1 Å². The van der Waals surface area contributed by atoms with Gasteiger partial charge in [0.2, 0.25) is 6.29 Å². The number of nitrogens with two attached hydrogens (primary N) is 1. The number of aliphatic hydroxyl groups is 3. The molecule has 14 heteroatoms. The third-order valence-corrected chi connectivity index (χ3v) is 13.7. The fourth-order valence-electron chi connectivity index (χ4n) is 7.73. The number of aryl methyl sites for hydroxylation is 3. The molecule has 2 aliphatic heterocycles. The molecule has 0 spiro atoms. The normalized spacial score (nSPS) is 22.8. The molecule has 8 N–H and O–H groups in total. The number of carbonyl (C=O) groups excluding carboxylic acids is 1. The zero-order valence-corrected chi connectivity index (χ0v) is 35.6. The number of aliphatic hydroxyl groups excluding tert-OH is 3. The van der Waals surface area contributed by atoms with Crippen molar-refractivity contribution in [2.45, 2.75) is 90.1 Å². The van der Waals surface area contributed by atoms with Gasteiger partial charge in [0, 0.05) is 60.4 Å². The molecule has 0 saturated heterocycles. The van der Waals surface area contributed by atoms with Gasteiger partial charge in [-0.05, 0) is 79.7 Å². The van der Waals surface area contributed by atoms with Crippen molar-refractivity contribution in [3.05, 3.63) is 81.9 Å². The van der Waals surface area contributed by atoms with Crippen LogP contribution in [0.15, 0.2) is 53.5 Å². The van der Waals surface area contributed by atoms with Gasteiger partial charge in [0.05, 0.1) is 11.7 Å². The van der Waals surface area contributed by atoms with E-state index in [-0.39, 0.29) is 61.2 Å². The van der Waals surface area contributed by atoms with Crippen LogP contribution in [-0.4, -0.2) is 88.7 Å². The minimum atomic E-state index is -1.16. The standard InChI is InChI=1S/C45H58N4O8S2/c1-28(2)39-25-59-58-24-33(23-48-45(46)49-39)38-22-37-31-14-17-35(52)21-34(51)16-13-30-15-18-40(53)42(56-27-50)36(30)12-6-11-32(20-31)41(43(37)57-44(38)54)55-26-47-19-7-10-29-8-4-3-5-9-29/h3-5,8-9,15,18,20,28,33,35,38-39,44,47,50,52-54H,7,10-11,13-14,16-17,19,21-27H2,1-2H3,(H3,46,48,49)/t33-,35+,38-,39+,44-/m0/s1. The summed E-state index contributed by atoms with van der Waals surface area (Å²) < 4.78 is 18.5. The summed E-state index contributed by atoms with van der Waals surface area (Å²) in [6.07, 6.45) is 1.78. The molecule has 12 nitrogen and oxygen atoms in total. The Hall–Kier alpha value is -4.10. The SMILES string of the molecule is CC(C)[C@H]1CSSC[C@@H]([C@@H]2Cc3c4cc(c(OCNCCCc5ccccc5)c3O[C@@H]2O)CC#Cc2c(ccc(O)c2OCO)CCC(=O)C[C@H](O)CC4)CN=C(N)N1. The average molecular weight is 847 g/mol. The fraction of sp³-hybridized carbons (Fsp3) is 0.511. The third kappa shape index (κ3) is 12.2. The van der Waals surface area contributed by atoms with Crippen molar-refractivity contribution in [3.63, 3.8) is 0 Å². The van der Waals surface area contributed by atoms with Crippen LogP contribution in [-0.2, 0) is 36.9 Å². The quantitative estimate of drug-likeness (QED) is 0.0600. The van der Waals surface area contributed by atoms with Gasteiger partial charge in [0.15, 0.2) is 35.8 Å². The van der Waals surface area contributed by atoms with Gasteiger partial charge in [-0.2, -0.15) is 0 Å². The Balaban J connectivity index is 1.35. The van der Waals surface area contributed by atoms with Crippen molar-refractivity contribution in [1.82, 2.24) is 10.6 Å². The van der Waals surface area contributed by atoms with E-state index in [1.807, 2.05) is 24.3 Å². The first-order valence-corrected chi connectivity index (χ1v) is 23.1. The molecule has 6 rings (SSSR count). The minimum Gasteiger partial charge on any atom is -0.504 e. The Morgan fingerprint density at radius 3 is 2.63 bits per heavy atom. The van der Waals surface area contributed by atoms with E-state index < -0.39 is 19.2 Å². The molecular weight excluding hydrogens is 789 g/mol. The number of hydrogen-bond donors (Lipinski definition) is 7. The zero-order chi connectivity index (χ0) is 41.7. The Bertz CT molecular complexity index is 1970. The Morgan fingerprint density at radius 1 is 1.02 bits per heavy atom. The van der Waals surface area contributed by atoms with E-state index in [0.717, 1.165) is 41.0 Å². The smallest absolute Gasteiger partial charge is 0.201 e. The molecule has 3 aliphatic rings. The molecule has 0 amide bonds. The summed E-state index contributed by atoms with van der Waals surface area (Å²) in [5.41, 5.74) is 11.2. The van der Waals surface area contributed by atoms with E-state index in [0.29, 0.717) is 73.3 Å². The van der Waals surface area contributed by atoms with E-state index in [2.05, 4.69) is 48.5 Å². The van der Waals surface area contributed by atoms with E-state index in [4.69, 9.17) is 24.9 Å². The van der Waals surface area contributed by atoms with Crippen LogP contribution in [0.1, 0.15) is 72.9 Å². The van der Waals surface area contributed by atoms with Crippen LogP contribution < -0.4 is 30.6 Å². The monoisotopic (exact) mass is 846 g/mol. The number of rotatable bonds is 11. The molecule has 0 fully saturated rings. The van der Waals surface area contributed by atoms with Gasteiger partial charge in [0.25, 0.3) is 0 Å². The van der Waals surface area contributed by atoms with Gasteiger partial charge < -0.3 is 45.7 Å². The molecule has 0 aromatic heterocycles. The Labute approximate surface area is 355 Å². The van der Waals surface area contributed by atoms with Crippen LogP contribution in [0.25, 0.3) is 0 Å². The first-order valence-electron chi connectivity index (χ1n) is 20.6. The topological polar surface area (TPSA) is 188 Å². The van der Waals surface area contributed by atoms with Crippen LogP contribution in [0.4, 0.5) is 0 Å². The number of ether oxygens (including phenoxy) is 3. The predicted octanol–water partition coefficient (Wildman–Crippen LogP) is 4.88. The number of guanidine groups is 1. The molecule has 5 atom stereocenters. The molecule has 0 saturated carbocycles. The third-order valence-electron chi connectivity index (χ3n) is 11.2. The van der Waals surface area contributed by atoms with Crippen LogP contribution in [0, 0.1) is 29.6 Å². The van der Waals surface area contributed by atoms with Gasteiger partial charge in [0.1, 0.15) is 12.5 Å². The number of ketones is 1. The lowest BCUT2D eigenvalue weighted by Crippen LogP contribution is -2.45. The van der Waals surface area contributed by atoms with Crippen LogP contribution >= 0.6 is 21.6 Å². The first-order chi connectivity index (χ1) is 28.6. The van der Waals surface area contributed by atoms with Crippen molar-refractivity contribution in [1.29, 1.82) is 0 Å². The second-order valence-electron chi connectivity index (χ2n) is 15.8. The zero-order valence-electron chi connectivity index (χ0n) is 34.0. The number of phenols is 1. The maximum Gasteiger partial charge on any atom is 0.201 e. The van der Waals surface area contributed by atoms with Crippen molar-refractivity contribution < 1.29 is 39.4 Å². The summed E-state index contributed by atoms with van der Waals surface area (Å²) in [6.45, 7) is 4.97. The highest BCUT2D eigenvalue weighted by molar-refractivity contribution is 8.76. The number of nitrogens with one attached hydrogen (secondary N) is 2. The highest BCUT2D eigenvalue weighted by atomic mass is 33.1. The molecule has 1 aliphatic carbocycles. The lowest BCUT2D eigenvalue weighted by molar-refractivity contribution is -0.121. The maximum atomic E-state index is 13.1. The van der Waals surface area contributed by atoms with Gasteiger partial charge in [-0.3, -0.25) is 15.1 Å². The van der Waals surface area contributed by atoms with E-state index in [1.54, 1.807) is 27.7 Å². The number of fused-ring (bicyclic) bond motifs is 5. The number of hydrogen-bond acceptors (Lipinski definition) is 14. The maximum absolute atomic E-state index is 13.1. The van der Waals surface area contributed by atoms with Crippen LogP contribution in [0.5, 0.6) is 23.0 Å². The van der Waals surface area contributed by atoms with E-state index >= 15 is 0 Å². The lowest BCUT2D eigenvalue weighted by atomic mass is 9.81. The molecule has 0 unspecified atom stereocenters. The number of phenolic OH excluding ortho intramolecular Hbond substituents is 1. The number of nitrogens with zero attached hydrogens (tertiary/aromatic N) is 1. The molecule has 3 aromatic carbocycles. The summed E-state index contributed by atoms with van der Waals surface area (Å²) in [5.74, 6) is 9.08. The van der Waals surface area contributed by atoms with Crippen molar-refractivity contribution >= 4 is 33.3 Å². The van der Waals surface area contributed by atoms with Gasteiger partial charge in [-0.25, -0.2) is 0 Å². The number of aromatic hydroxyl groups is 1. The summed E-state index contributed by atoms with van der Waals surface area (Å²) in [5, 5.41) is 50.0. The lowest BCUT2D eigenvalue weighted by Gasteiger charge is -2.37. The fourth-order valence-corrected chi connectivity index (χ4v) is 10.6. The summed E-state index contributed by atoms with van der Waals surface area (Å²) >= 11 is 0. The highest BCUT2D eigenvalue weighted by Gasteiger charge is 2.38. The van der Waals surface area contributed by atoms with Gasteiger partial charge in [-0.1, -0.05) is 89.7 Å². The largest absolute Gasteiger partial charge is 0.504 e. The molecule has 2 bridgehead atoms. The second kappa shape index (κ2) is 21.9. The van der Waals surface area contributed by atoms with E-state index in [1.165, 1.54) is 11.6 Å². The van der Waals surface area contributed by atoms with Crippen molar-refractivity contribution in [3.8, 4) is 34.8 Å². The Kier molecular flexibility index (Phi) is 16.5. The Morgan fingerprint density at radius 2 is 1.83 bits per heavy atom. The van der Waals surface area contributed by atoms with Crippen LogP contribution in [0.2, 0.25) is 0 Å². The highest BCUT2D eigenvalue weighted by Crippen LogP contribution is 2.46. The predicted molar refractivity (Wildman–Crippen MR) is 234 cm³/mol. The molecule has 3 aromatic rings. The minimum absolute atomic E-state index is 0.00872. The number of Topliss-reactive ketones (excluding diaryl/α,β-unsaturated/α-hetero) is 1. The number of carbonyl (C=O) groups is 1. The molecule has 0 radical (unpaired) electrons. The van der Waals surface area contributed by atoms with Crippen molar-refractivity contribution in [2.24, 2.45) is 28.5 Å². The second-order valence-corrected chi connectivity index (χ2v) is 18.3. The number of aliphatic imine (C=N–C) groups is 1. The summed E-state index contributed by atoms with van der Waals surface area (Å²) in [6, 6.07) is 15.7. The van der Waals surface area contributed by atoms with E-state index in [9.17, 15) is 25.2 Å². The average Bonchev–Trinajstić information content (AvgIpc) is 3.22. The number of benzene rings is 3. The molecule has 318 valence electrons. The summed E-state index contributed by atoms with van der Waals surface area (Å²) in [4.78, 5) is 17.9.